The van der Waals surface area contributed by atoms with Gasteiger partial charge in [0.2, 0.25) is 5.89 Å². The lowest BCUT2D eigenvalue weighted by atomic mass is 9.98. The first-order valence-electron chi connectivity index (χ1n) is 6.46. The van der Waals surface area contributed by atoms with E-state index < -0.39 is 0 Å². The molecule has 0 spiro atoms. The quantitative estimate of drug-likeness (QED) is 0.789. The van der Waals surface area contributed by atoms with Crippen LogP contribution in [0.3, 0.4) is 0 Å². The molecule has 0 amide bonds. The van der Waals surface area contributed by atoms with E-state index in [1.54, 1.807) is 0 Å². The van der Waals surface area contributed by atoms with Gasteiger partial charge in [0.05, 0.1) is 0 Å². The van der Waals surface area contributed by atoms with Gasteiger partial charge >= 0.3 is 6.01 Å². The van der Waals surface area contributed by atoms with E-state index in [0.29, 0.717) is 30.1 Å². The molecule has 4 nitrogen and oxygen atoms in total. The molecule has 5 heteroatoms. The first kappa shape index (κ1) is 13.9. The zero-order valence-electron chi connectivity index (χ0n) is 11.0. The minimum Gasteiger partial charge on any atom is -0.408 e. The topological polar surface area (TPSA) is 51.0 Å². The van der Waals surface area contributed by atoms with Crippen molar-refractivity contribution in [2.45, 2.75) is 25.7 Å². The highest BCUT2D eigenvalue weighted by atomic mass is 35.5. The van der Waals surface area contributed by atoms with Gasteiger partial charge in [-0.25, -0.2) is 0 Å². The lowest BCUT2D eigenvalue weighted by Gasteiger charge is -2.11. The van der Waals surface area contributed by atoms with Crippen LogP contribution in [0, 0.1) is 0 Å². The third-order valence-electron chi connectivity index (χ3n) is 3.00. The van der Waals surface area contributed by atoms with Gasteiger partial charge in [0.15, 0.2) is 0 Å². The predicted octanol–water partition coefficient (Wildman–Crippen LogP) is 3.46. The van der Waals surface area contributed by atoms with Crippen LogP contribution >= 0.6 is 11.6 Å². The van der Waals surface area contributed by atoms with E-state index in [4.69, 9.17) is 16.0 Å². The maximum absolute atomic E-state index is 5.61. The lowest BCUT2D eigenvalue weighted by Crippen LogP contribution is -2.06. The minimum absolute atomic E-state index is 0.473. The molecule has 1 unspecified atom stereocenters. The number of aryl methyl sites for hydroxylation is 1. The number of halogens is 1. The number of rotatable bonds is 7. The van der Waals surface area contributed by atoms with Gasteiger partial charge in [-0.2, -0.15) is 0 Å². The lowest BCUT2D eigenvalue weighted by molar-refractivity contribution is 0.510. The average Bonchev–Trinajstić information content (AvgIpc) is 2.88. The van der Waals surface area contributed by atoms with Crippen LogP contribution in [0.15, 0.2) is 34.7 Å². The Morgan fingerprint density at radius 2 is 2.05 bits per heavy atom. The van der Waals surface area contributed by atoms with Gasteiger partial charge in [0.1, 0.15) is 0 Å². The van der Waals surface area contributed by atoms with Gasteiger partial charge in [-0.1, -0.05) is 42.4 Å². The standard InChI is InChI=1S/C14H18ClN3O/c1-11(12-5-3-2-4-6-12)8-10-16-14-18-17-13(19-14)7-9-15/h2-6,11H,7-10H2,1H3,(H,16,18). The van der Waals surface area contributed by atoms with Crippen molar-refractivity contribution in [3.8, 4) is 0 Å². The predicted molar refractivity (Wildman–Crippen MR) is 76.7 cm³/mol. The Balaban J connectivity index is 1.76. The molecule has 1 heterocycles. The molecule has 0 bridgehead atoms. The van der Waals surface area contributed by atoms with E-state index in [2.05, 4.69) is 46.7 Å². The summed E-state index contributed by atoms with van der Waals surface area (Å²) in [7, 11) is 0. The molecule has 102 valence electrons. The summed E-state index contributed by atoms with van der Waals surface area (Å²) < 4.78 is 5.39. The van der Waals surface area contributed by atoms with Gasteiger partial charge in [-0.05, 0) is 17.9 Å². The molecular weight excluding hydrogens is 262 g/mol. The van der Waals surface area contributed by atoms with Crippen molar-refractivity contribution in [3.63, 3.8) is 0 Å². The van der Waals surface area contributed by atoms with Crippen LogP contribution in [0.2, 0.25) is 0 Å². The largest absolute Gasteiger partial charge is 0.408 e. The van der Waals surface area contributed by atoms with E-state index >= 15 is 0 Å². The van der Waals surface area contributed by atoms with Crippen LogP contribution in [-0.2, 0) is 6.42 Å². The molecular formula is C14H18ClN3O. The van der Waals surface area contributed by atoms with Crippen molar-refractivity contribution >= 4 is 17.6 Å². The molecule has 1 N–H and O–H groups in total. The summed E-state index contributed by atoms with van der Waals surface area (Å²) in [5, 5.41) is 11.0. The van der Waals surface area contributed by atoms with Gasteiger partial charge in [0.25, 0.3) is 0 Å². The van der Waals surface area contributed by atoms with E-state index in [1.807, 2.05) is 6.07 Å². The van der Waals surface area contributed by atoms with E-state index in [1.165, 1.54) is 5.56 Å². The Bertz CT molecular complexity index is 486. The molecule has 0 radical (unpaired) electrons. The van der Waals surface area contributed by atoms with Crippen molar-refractivity contribution in [2.24, 2.45) is 0 Å². The fourth-order valence-corrected chi connectivity index (χ4v) is 2.01. The first-order chi connectivity index (χ1) is 9.29. The molecule has 0 fully saturated rings. The molecule has 2 aromatic rings. The SMILES string of the molecule is CC(CCNc1nnc(CCCl)o1)c1ccccc1. The second-order valence-electron chi connectivity index (χ2n) is 4.47. The Kier molecular flexibility index (Phi) is 5.21. The summed E-state index contributed by atoms with van der Waals surface area (Å²) in [5.74, 6) is 1.57. The number of nitrogens with one attached hydrogen (secondary N) is 1. The highest BCUT2D eigenvalue weighted by Crippen LogP contribution is 2.18. The molecule has 0 saturated heterocycles. The summed E-state index contributed by atoms with van der Waals surface area (Å²) in [5.41, 5.74) is 1.35. The number of benzene rings is 1. The molecule has 0 aliphatic carbocycles. The number of alkyl halides is 1. The number of hydrogen-bond donors (Lipinski definition) is 1. The summed E-state index contributed by atoms with van der Waals surface area (Å²) >= 11 is 5.61. The second-order valence-corrected chi connectivity index (χ2v) is 4.85. The Morgan fingerprint density at radius 1 is 1.26 bits per heavy atom. The van der Waals surface area contributed by atoms with Crippen LogP contribution in [-0.4, -0.2) is 22.6 Å². The molecule has 0 aliphatic rings. The van der Waals surface area contributed by atoms with Crippen molar-refractivity contribution in [3.05, 3.63) is 41.8 Å². The number of nitrogens with zero attached hydrogens (tertiary/aromatic N) is 2. The number of hydrogen-bond acceptors (Lipinski definition) is 4. The van der Waals surface area contributed by atoms with Crippen molar-refractivity contribution in [1.29, 1.82) is 0 Å². The van der Waals surface area contributed by atoms with Gasteiger partial charge in [-0.3, -0.25) is 0 Å². The summed E-state index contributed by atoms with van der Waals surface area (Å²) in [6.07, 6.45) is 1.62. The summed E-state index contributed by atoms with van der Waals surface area (Å²) in [4.78, 5) is 0. The van der Waals surface area contributed by atoms with Crippen LogP contribution in [0.4, 0.5) is 6.01 Å². The van der Waals surface area contributed by atoms with Crippen LogP contribution in [0.5, 0.6) is 0 Å². The summed E-state index contributed by atoms with van der Waals surface area (Å²) in [6, 6.07) is 10.9. The van der Waals surface area contributed by atoms with Crippen LogP contribution < -0.4 is 5.32 Å². The normalized spacial score (nSPS) is 12.3. The number of anilines is 1. The van der Waals surface area contributed by atoms with Crippen LogP contribution in [0.25, 0.3) is 0 Å². The Labute approximate surface area is 118 Å². The maximum Gasteiger partial charge on any atom is 0.315 e. The van der Waals surface area contributed by atoms with Gasteiger partial charge < -0.3 is 9.73 Å². The van der Waals surface area contributed by atoms with Gasteiger partial charge in [0, 0.05) is 18.8 Å². The Hall–Kier alpha value is -1.55. The molecule has 1 aromatic heterocycles. The third-order valence-corrected chi connectivity index (χ3v) is 3.19. The average molecular weight is 280 g/mol. The van der Waals surface area contributed by atoms with Crippen molar-refractivity contribution in [1.82, 2.24) is 10.2 Å². The molecule has 0 saturated carbocycles. The summed E-state index contributed by atoms with van der Waals surface area (Å²) in [6.45, 7) is 3.02. The fraction of sp³-hybridized carbons (Fsp3) is 0.429. The van der Waals surface area contributed by atoms with E-state index in [-0.39, 0.29) is 0 Å². The first-order valence-corrected chi connectivity index (χ1v) is 7.00. The number of aromatic nitrogens is 2. The zero-order valence-corrected chi connectivity index (χ0v) is 11.7. The Morgan fingerprint density at radius 3 is 2.79 bits per heavy atom. The smallest absolute Gasteiger partial charge is 0.315 e. The molecule has 0 aliphatic heterocycles. The molecule has 1 atom stereocenters. The molecule has 2 rings (SSSR count). The van der Waals surface area contributed by atoms with Crippen LogP contribution in [0.1, 0.15) is 30.7 Å². The zero-order chi connectivity index (χ0) is 13.5. The second kappa shape index (κ2) is 7.14. The molecule has 19 heavy (non-hydrogen) atoms. The highest BCUT2D eigenvalue weighted by Gasteiger charge is 2.07. The van der Waals surface area contributed by atoms with Gasteiger partial charge in [-0.15, -0.1) is 16.7 Å². The monoisotopic (exact) mass is 279 g/mol. The van der Waals surface area contributed by atoms with Crippen molar-refractivity contribution in [2.75, 3.05) is 17.7 Å². The fourth-order valence-electron chi connectivity index (χ4n) is 1.85. The molecule has 1 aromatic carbocycles. The van der Waals surface area contributed by atoms with E-state index in [0.717, 1.165) is 13.0 Å². The minimum atomic E-state index is 0.473. The highest BCUT2D eigenvalue weighted by molar-refractivity contribution is 6.17. The third kappa shape index (κ3) is 4.24. The van der Waals surface area contributed by atoms with E-state index in [9.17, 15) is 0 Å². The van der Waals surface area contributed by atoms with Crippen molar-refractivity contribution < 1.29 is 4.42 Å². The maximum atomic E-state index is 5.61.